The Hall–Kier alpha value is -2.68. The summed E-state index contributed by atoms with van der Waals surface area (Å²) in [6.45, 7) is 0. The molecule has 0 saturated carbocycles. The highest BCUT2D eigenvalue weighted by molar-refractivity contribution is 7.92. The molecule has 104 valence electrons. The van der Waals surface area contributed by atoms with Crippen LogP contribution in [0.2, 0.25) is 0 Å². The molecule has 0 saturated heterocycles. The number of carboxylic acids is 1. The molecule has 0 aliphatic rings. The standard InChI is InChI=1S/C11H9N3O5S/c15-10-5-4-9(12-13-10)14-20(18,19)8-3-1-2-7(6-8)11(16)17/h1-6H,(H,12,14)(H,13,15)(H,16,17). The minimum atomic E-state index is -3.98. The first-order valence-electron chi connectivity index (χ1n) is 5.30. The molecule has 2 aromatic rings. The minimum absolute atomic E-state index is 0.0784. The highest BCUT2D eigenvalue weighted by Crippen LogP contribution is 2.15. The van der Waals surface area contributed by atoms with Gasteiger partial charge in [-0.2, -0.15) is 5.10 Å². The molecule has 1 aromatic heterocycles. The molecule has 20 heavy (non-hydrogen) atoms. The average molecular weight is 295 g/mol. The van der Waals surface area contributed by atoms with E-state index in [-0.39, 0.29) is 16.3 Å². The monoisotopic (exact) mass is 295 g/mol. The summed E-state index contributed by atoms with van der Waals surface area (Å²) < 4.78 is 26.2. The molecule has 0 amide bonds. The van der Waals surface area contributed by atoms with E-state index < -0.39 is 21.6 Å². The summed E-state index contributed by atoms with van der Waals surface area (Å²) in [7, 11) is -3.98. The smallest absolute Gasteiger partial charge is 0.335 e. The van der Waals surface area contributed by atoms with Crippen molar-refractivity contribution >= 4 is 21.8 Å². The van der Waals surface area contributed by atoms with Gasteiger partial charge in [-0.25, -0.2) is 18.3 Å². The first-order chi connectivity index (χ1) is 9.38. The van der Waals surface area contributed by atoms with E-state index in [1.165, 1.54) is 24.3 Å². The topological polar surface area (TPSA) is 129 Å². The van der Waals surface area contributed by atoms with Gasteiger partial charge in [-0.15, -0.1) is 0 Å². The Kier molecular flexibility index (Phi) is 3.53. The van der Waals surface area contributed by atoms with Crippen LogP contribution in [-0.4, -0.2) is 29.7 Å². The second-order valence-corrected chi connectivity index (χ2v) is 5.43. The molecule has 0 radical (unpaired) electrons. The Labute approximate surface area is 113 Å². The quantitative estimate of drug-likeness (QED) is 0.742. The van der Waals surface area contributed by atoms with Gasteiger partial charge in [0.1, 0.15) is 0 Å². The van der Waals surface area contributed by atoms with Gasteiger partial charge in [-0.1, -0.05) is 6.07 Å². The van der Waals surface area contributed by atoms with Gasteiger partial charge < -0.3 is 5.11 Å². The molecule has 1 aromatic carbocycles. The lowest BCUT2D eigenvalue weighted by molar-refractivity contribution is 0.0696. The molecule has 0 spiro atoms. The van der Waals surface area contributed by atoms with E-state index in [4.69, 9.17) is 5.11 Å². The molecule has 3 N–H and O–H groups in total. The SMILES string of the molecule is O=C(O)c1cccc(S(=O)(=O)Nc2ccc(=O)[nH]n2)c1. The van der Waals surface area contributed by atoms with Crippen molar-refractivity contribution in [2.45, 2.75) is 4.90 Å². The summed E-state index contributed by atoms with van der Waals surface area (Å²) >= 11 is 0. The molecular formula is C11H9N3O5S. The van der Waals surface area contributed by atoms with Crippen molar-refractivity contribution in [3.05, 3.63) is 52.3 Å². The molecule has 0 fully saturated rings. The highest BCUT2D eigenvalue weighted by atomic mass is 32.2. The third-order valence-electron chi connectivity index (χ3n) is 2.31. The number of aromatic carboxylic acids is 1. The van der Waals surface area contributed by atoms with Crippen molar-refractivity contribution in [2.75, 3.05) is 4.72 Å². The van der Waals surface area contributed by atoms with Crippen LogP contribution in [0.5, 0.6) is 0 Å². The zero-order valence-electron chi connectivity index (χ0n) is 9.90. The van der Waals surface area contributed by atoms with Gasteiger partial charge in [-0.3, -0.25) is 9.52 Å². The lowest BCUT2D eigenvalue weighted by Crippen LogP contribution is -2.16. The number of rotatable bonds is 4. The van der Waals surface area contributed by atoms with Crippen LogP contribution < -0.4 is 10.3 Å². The predicted molar refractivity (Wildman–Crippen MR) is 69.1 cm³/mol. The zero-order chi connectivity index (χ0) is 14.8. The maximum absolute atomic E-state index is 12.0. The minimum Gasteiger partial charge on any atom is -0.478 e. The first kappa shape index (κ1) is 13.7. The fourth-order valence-corrected chi connectivity index (χ4v) is 2.44. The van der Waals surface area contributed by atoms with Crippen molar-refractivity contribution in [1.82, 2.24) is 10.2 Å². The summed E-state index contributed by atoms with van der Waals surface area (Å²) in [5.74, 6) is -1.31. The summed E-state index contributed by atoms with van der Waals surface area (Å²) in [5, 5.41) is 14.4. The van der Waals surface area contributed by atoms with E-state index in [9.17, 15) is 18.0 Å². The largest absolute Gasteiger partial charge is 0.478 e. The van der Waals surface area contributed by atoms with Crippen molar-refractivity contribution in [1.29, 1.82) is 0 Å². The van der Waals surface area contributed by atoms with Gasteiger partial charge in [0, 0.05) is 6.07 Å². The second kappa shape index (κ2) is 5.13. The number of carboxylic acid groups (broad SMARTS) is 1. The van der Waals surface area contributed by atoms with Crippen molar-refractivity contribution in [3.63, 3.8) is 0 Å². The number of anilines is 1. The summed E-state index contributed by atoms with van der Waals surface area (Å²) in [6.07, 6.45) is 0. The molecule has 0 unspecified atom stereocenters. The van der Waals surface area contributed by atoms with Crippen LogP contribution >= 0.6 is 0 Å². The number of sulfonamides is 1. The van der Waals surface area contributed by atoms with Gasteiger partial charge in [0.05, 0.1) is 10.5 Å². The third-order valence-corrected chi connectivity index (χ3v) is 3.66. The number of H-pyrrole nitrogens is 1. The number of aromatic nitrogens is 2. The Morgan fingerprint density at radius 1 is 1.25 bits per heavy atom. The fourth-order valence-electron chi connectivity index (χ4n) is 1.39. The van der Waals surface area contributed by atoms with Gasteiger partial charge in [-0.05, 0) is 24.3 Å². The Morgan fingerprint density at radius 2 is 2.00 bits per heavy atom. The van der Waals surface area contributed by atoms with Crippen LogP contribution in [0.3, 0.4) is 0 Å². The number of carbonyl (C=O) groups is 1. The van der Waals surface area contributed by atoms with Crippen LogP contribution in [0.1, 0.15) is 10.4 Å². The molecule has 9 heteroatoms. The van der Waals surface area contributed by atoms with E-state index >= 15 is 0 Å². The van der Waals surface area contributed by atoms with E-state index in [2.05, 4.69) is 14.9 Å². The fraction of sp³-hybridized carbons (Fsp3) is 0. The number of nitrogens with zero attached hydrogens (tertiary/aromatic N) is 1. The third kappa shape index (κ3) is 3.01. The van der Waals surface area contributed by atoms with Gasteiger partial charge in [0.25, 0.3) is 15.6 Å². The van der Waals surface area contributed by atoms with Crippen LogP contribution in [0.25, 0.3) is 0 Å². The molecule has 0 aliphatic carbocycles. The molecule has 0 atom stereocenters. The second-order valence-electron chi connectivity index (χ2n) is 3.74. The normalized spacial score (nSPS) is 11.0. The zero-order valence-corrected chi connectivity index (χ0v) is 10.7. The van der Waals surface area contributed by atoms with Crippen LogP contribution in [0.15, 0.2) is 46.1 Å². The number of hydrogen-bond donors (Lipinski definition) is 3. The van der Waals surface area contributed by atoms with Crippen molar-refractivity contribution < 1.29 is 18.3 Å². The van der Waals surface area contributed by atoms with Crippen molar-refractivity contribution in [3.8, 4) is 0 Å². The Balaban J connectivity index is 2.35. The maximum atomic E-state index is 12.0. The number of nitrogens with one attached hydrogen (secondary N) is 2. The van der Waals surface area contributed by atoms with Crippen LogP contribution in [0, 0.1) is 0 Å². The summed E-state index contributed by atoms with van der Waals surface area (Å²) in [5.41, 5.74) is -0.622. The van der Waals surface area contributed by atoms with Crippen LogP contribution in [-0.2, 0) is 10.0 Å². The highest BCUT2D eigenvalue weighted by Gasteiger charge is 2.16. The van der Waals surface area contributed by atoms with Gasteiger partial charge in [0.15, 0.2) is 5.82 Å². The Bertz CT molecular complexity index is 792. The van der Waals surface area contributed by atoms with Gasteiger partial charge >= 0.3 is 5.97 Å². The molecule has 8 nitrogen and oxygen atoms in total. The van der Waals surface area contributed by atoms with Gasteiger partial charge in [0.2, 0.25) is 0 Å². The van der Waals surface area contributed by atoms with E-state index in [0.29, 0.717) is 0 Å². The molecule has 0 aliphatic heterocycles. The molecule has 2 rings (SSSR count). The molecule has 0 bridgehead atoms. The van der Waals surface area contributed by atoms with Crippen molar-refractivity contribution in [2.24, 2.45) is 0 Å². The number of hydrogen-bond acceptors (Lipinski definition) is 5. The van der Waals surface area contributed by atoms with Crippen LogP contribution in [0.4, 0.5) is 5.82 Å². The molecule has 1 heterocycles. The summed E-state index contributed by atoms with van der Waals surface area (Å²) in [6, 6.07) is 7.17. The lowest BCUT2D eigenvalue weighted by Gasteiger charge is -2.07. The van der Waals surface area contributed by atoms with E-state index in [1.807, 2.05) is 0 Å². The first-order valence-corrected chi connectivity index (χ1v) is 6.79. The molecular weight excluding hydrogens is 286 g/mol. The number of benzene rings is 1. The summed E-state index contributed by atoms with van der Waals surface area (Å²) in [4.78, 5) is 21.4. The van der Waals surface area contributed by atoms with E-state index in [1.54, 1.807) is 0 Å². The average Bonchev–Trinajstić information content (AvgIpc) is 2.41. The lowest BCUT2D eigenvalue weighted by atomic mass is 10.2. The maximum Gasteiger partial charge on any atom is 0.335 e. The Morgan fingerprint density at radius 3 is 2.60 bits per heavy atom. The predicted octanol–water partition coefficient (Wildman–Crippen LogP) is 0.269. The number of aromatic amines is 1. The van der Waals surface area contributed by atoms with E-state index in [0.717, 1.165) is 12.1 Å².